The number of benzene rings is 1. The summed E-state index contributed by atoms with van der Waals surface area (Å²) in [7, 11) is 0. The van der Waals surface area contributed by atoms with Gasteiger partial charge in [0, 0.05) is 31.1 Å². The molecule has 3 N–H and O–H groups in total. The van der Waals surface area contributed by atoms with E-state index in [-0.39, 0.29) is 22.7 Å². The molecule has 136 valence electrons. The van der Waals surface area contributed by atoms with Gasteiger partial charge in [-0.1, -0.05) is 36.0 Å². The van der Waals surface area contributed by atoms with Crippen molar-refractivity contribution < 1.29 is 14.4 Å². The van der Waals surface area contributed by atoms with Crippen LogP contribution in [0.1, 0.15) is 30.9 Å². The van der Waals surface area contributed by atoms with Crippen LogP contribution in [0.2, 0.25) is 0 Å². The van der Waals surface area contributed by atoms with Crippen molar-refractivity contribution in [2.24, 2.45) is 17.6 Å². The molecule has 1 amide bonds. The Morgan fingerprint density at radius 2 is 2.08 bits per heavy atom. The van der Waals surface area contributed by atoms with Gasteiger partial charge in [-0.3, -0.25) is 14.4 Å². The quantitative estimate of drug-likeness (QED) is 0.806. The van der Waals surface area contributed by atoms with Crippen LogP contribution >= 0.6 is 11.8 Å². The van der Waals surface area contributed by atoms with Crippen LogP contribution in [0.25, 0.3) is 0 Å². The molecule has 1 aromatic carbocycles. The van der Waals surface area contributed by atoms with Crippen LogP contribution in [0.3, 0.4) is 0 Å². The van der Waals surface area contributed by atoms with E-state index in [1.165, 1.54) is 6.92 Å². The van der Waals surface area contributed by atoms with Crippen molar-refractivity contribution in [1.82, 2.24) is 5.32 Å². The molecule has 1 aromatic rings. The SMILES string of the molecule is CC(=O)SC[C@@H](Cc1ccccc1C)C(=O)[C@H]1CCCNC(=O)C1N. The number of hydrogen-bond acceptors (Lipinski definition) is 5. The fraction of sp³-hybridized carbons (Fsp3) is 0.526. The van der Waals surface area contributed by atoms with E-state index in [0.717, 1.165) is 29.3 Å². The molecule has 3 atom stereocenters. The van der Waals surface area contributed by atoms with Gasteiger partial charge in [0.25, 0.3) is 0 Å². The molecule has 25 heavy (non-hydrogen) atoms. The summed E-state index contributed by atoms with van der Waals surface area (Å²) in [6.45, 7) is 4.07. The van der Waals surface area contributed by atoms with Gasteiger partial charge in [-0.25, -0.2) is 0 Å². The summed E-state index contributed by atoms with van der Waals surface area (Å²) < 4.78 is 0. The van der Waals surface area contributed by atoms with Gasteiger partial charge in [-0.2, -0.15) is 0 Å². The molecule has 0 bridgehead atoms. The number of thioether (sulfide) groups is 1. The van der Waals surface area contributed by atoms with Gasteiger partial charge in [0.2, 0.25) is 5.91 Å². The summed E-state index contributed by atoms with van der Waals surface area (Å²) in [4.78, 5) is 36.5. The standard InChI is InChI=1S/C19H26N2O3S/c1-12-6-3-4-7-14(12)10-15(11-25-13(2)22)18(23)16-8-5-9-21-19(24)17(16)20/h3-4,6-7,15-17H,5,8-11,20H2,1-2H3,(H,21,24)/t15-,16+,17?/m1/s1. The van der Waals surface area contributed by atoms with Gasteiger partial charge in [-0.15, -0.1) is 0 Å². The van der Waals surface area contributed by atoms with Crippen molar-refractivity contribution in [3.8, 4) is 0 Å². The Morgan fingerprint density at radius 1 is 1.36 bits per heavy atom. The molecule has 0 saturated carbocycles. The van der Waals surface area contributed by atoms with Gasteiger partial charge in [0.15, 0.2) is 5.12 Å². The van der Waals surface area contributed by atoms with Crippen molar-refractivity contribution in [3.05, 3.63) is 35.4 Å². The molecule has 0 radical (unpaired) electrons. The lowest BCUT2D eigenvalue weighted by atomic mass is 9.82. The summed E-state index contributed by atoms with van der Waals surface area (Å²) in [5, 5.41) is 2.74. The molecule has 1 unspecified atom stereocenters. The van der Waals surface area contributed by atoms with Crippen LogP contribution in [0.5, 0.6) is 0 Å². The van der Waals surface area contributed by atoms with E-state index in [1.54, 1.807) is 0 Å². The second-order valence-electron chi connectivity index (χ2n) is 6.60. The van der Waals surface area contributed by atoms with Crippen LogP contribution in [0, 0.1) is 18.8 Å². The number of Topliss-reactive ketones (excluding diaryl/α,β-unsaturated/α-hetero) is 1. The Morgan fingerprint density at radius 3 is 2.76 bits per heavy atom. The highest BCUT2D eigenvalue weighted by molar-refractivity contribution is 8.13. The molecule has 2 rings (SSSR count). The highest BCUT2D eigenvalue weighted by atomic mass is 32.2. The number of aryl methyl sites for hydroxylation is 1. The van der Waals surface area contributed by atoms with Gasteiger partial charge >= 0.3 is 0 Å². The first-order valence-corrected chi connectivity index (χ1v) is 9.63. The molecule has 0 aromatic heterocycles. The predicted molar refractivity (Wildman–Crippen MR) is 100 cm³/mol. The van der Waals surface area contributed by atoms with Crippen LogP contribution in [-0.4, -0.2) is 35.1 Å². The summed E-state index contributed by atoms with van der Waals surface area (Å²) in [5.41, 5.74) is 8.25. The maximum atomic E-state index is 13.2. The normalized spacial score (nSPS) is 22.0. The number of ketones is 1. The zero-order valence-corrected chi connectivity index (χ0v) is 15.6. The van der Waals surface area contributed by atoms with Gasteiger partial charge in [0.1, 0.15) is 5.78 Å². The topological polar surface area (TPSA) is 89.3 Å². The maximum Gasteiger partial charge on any atom is 0.237 e. The molecular formula is C19H26N2O3S. The second kappa shape index (κ2) is 9.15. The van der Waals surface area contributed by atoms with E-state index in [4.69, 9.17) is 5.73 Å². The maximum absolute atomic E-state index is 13.2. The number of rotatable bonds is 6. The first kappa shape index (κ1) is 19.7. The van der Waals surface area contributed by atoms with Crippen LogP contribution in [0.4, 0.5) is 0 Å². The van der Waals surface area contributed by atoms with E-state index in [2.05, 4.69) is 5.32 Å². The first-order chi connectivity index (χ1) is 11.9. The van der Waals surface area contributed by atoms with Gasteiger partial charge in [-0.05, 0) is 37.3 Å². The van der Waals surface area contributed by atoms with Crippen LogP contribution in [0.15, 0.2) is 24.3 Å². The van der Waals surface area contributed by atoms with Crippen molar-refractivity contribution in [2.45, 2.75) is 39.2 Å². The van der Waals surface area contributed by atoms with Crippen molar-refractivity contribution >= 4 is 28.6 Å². The van der Waals surface area contributed by atoms with Crippen molar-refractivity contribution in [2.75, 3.05) is 12.3 Å². The van der Waals surface area contributed by atoms with E-state index >= 15 is 0 Å². The Hall–Kier alpha value is -1.66. The minimum Gasteiger partial charge on any atom is -0.355 e. The van der Waals surface area contributed by atoms with E-state index in [1.807, 2.05) is 31.2 Å². The van der Waals surface area contributed by atoms with Crippen molar-refractivity contribution in [3.63, 3.8) is 0 Å². The highest BCUT2D eigenvalue weighted by Crippen LogP contribution is 2.25. The van der Waals surface area contributed by atoms with Crippen LogP contribution < -0.4 is 11.1 Å². The summed E-state index contributed by atoms with van der Waals surface area (Å²) in [6.07, 6.45) is 1.91. The highest BCUT2D eigenvalue weighted by Gasteiger charge is 2.36. The lowest BCUT2D eigenvalue weighted by Crippen LogP contribution is -2.47. The minimum absolute atomic E-state index is 0.00144. The molecule has 1 fully saturated rings. The molecular weight excluding hydrogens is 336 g/mol. The van der Waals surface area contributed by atoms with E-state index in [0.29, 0.717) is 25.1 Å². The minimum atomic E-state index is -0.809. The molecule has 0 aliphatic carbocycles. The van der Waals surface area contributed by atoms with Crippen LogP contribution in [-0.2, 0) is 20.8 Å². The number of amides is 1. The zero-order chi connectivity index (χ0) is 18.4. The lowest BCUT2D eigenvalue weighted by molar-refractivity contribution is -0.131. The molecule has 1 heterocycles. The number of carbonyl (C=O) groups is 3. The Bertz CT molecular complexity index is 647. The fourth-order valence-corrected chi connectivity index (χ4v) is 3.92. The van der Waals surface area contributed by atoms with Crippen molar-refractivity contribution in [1.29, 1.82) is 0 Å². The number of nitrogens with two attached hydrogens (primary N) is 1. The lowest BCUT2D eigenvalue weighted by Gasteiger charge is -2.24. The smallest absolute Gasteiger partial charge is 0.237 e. The monoisotopic (exact) mass is 362 g/mol. The number of hydrogen-bond donors (Lipinski definition) is 2. The van der Waals surface area contributed by atoms with E-state index in [9.17, 15) is 14.4 Å². The summed E-state index contributed by atoms with van der Waals surface area (Å²) >= 11 is 1.16. The molecule has 1 aliphatic heterocycles. The Labute approximate surface area is 153 Å². The first-order valence-electron chi connectivity index (χ1n) is 8.65. The summed E-state index contributed by atoms with van der Waals surface area (Å²) in [5.74, 6) is -0.639. The number of nitrogens with one attached hydrogen (secondary N) is 1. The van der Waals surface area contributed by atoms with Gasteiger partial charge < -0.3 is 11.1 Å². The largest absolute Gasteiger partial charge is 0.355 e. The Balaban J connectivity index is 2.20. The van der Waals surface area contributed by atoms with E-state index < -0.39 is 12.0 Å². The molecule has 6 heteroatoms. The Kier molecular flexibility index (Phi) is 7.20. The fourth-order valence-electron chi connectivity index (χ4n) is 3.20. The number of carbonyl (C=O) groups excluding carboxylic acids is 3. The zero-order valence-electron chi connectivity index (χ0n) is 14.8. The molecule has 5 nitrogen and oxygen atoms in total. The predicted octanol–water partition coefficient (Wildman–Crippen LogP) is 1.86. The second-order valence-corrected chi connectivity index (χ2v) is 7.79. The third kappa shape index (κ3) is 5.41. The van der Waals surface area contributed by atoms with Gasteiger partial charge in [0.05, 0.1) is 6.04 Å². The average Bonchev–Trinajstić information content (AvgIpc) is 2.74. The third-order valence-corrected chi connectivity index (χ3v) is 5.69. The molecule has 0 spiro atoms. The molecule has 1 saturated heterocycles. The summed E-state index contributed by atoms with van der Waals surface area (Å²) in [6, 6.07) is 7.13. The molecule has 1 aliphatic rings. The third-order valence-electron chi connectivity index (χ3n) is 4.71. The average molecular weight is 362 g/mol.